The van der Waals surface area contributed by atoms with Crippen molar-refractivity contribution in [1.82, 2.24) is 0 Å². The minimum absolute atomic E-state index is 0.0918. The molecule has 0 aliphatic carbocycles. The van der Waals surface area contributed by atoms with Crippen LogP contribution in [0.1, 0.15) is 12.8 Å². The van der Waals surface area contributed by atoms with E-state index in [9.17, 15) is 4.79 Å². The maximum absolute atomic E-state index is 12.1. The van der Waals surface area contributed by atoms with Gasteiger partial charge in [0, 0.05) is 28.5 Å². The Hall–Kier alpha value is -1.56. The van der Waals surface area contributed by atoms with Crippen molar-refractivity contribution in [1.29, 1.82) is 0 Å². The van der Waals surface area contributed by atoms with Gasteiger partial charge in [-0.1, -0.05) is 23.2 Å². The van der Waals surface area contributed by atoms with Crippen molar-refractivity contribution in [3.8, 4) is 11.5 Å². The summed E-state index contributed by atoms with van der Waals surface area (Å²) in [5, 5.41) is 3.93. The van der Waals surface area contributed by atoms with E-state index in [0.717, 1.165) is 22.1 Å². The summed E-state index contributed by atoms with van der Waals surface area (Å²) < 4.78 is 10.4. The fourth-order valence-electron chi connectivity index (χ4n) is 2.12. The SMILES string of the molecule is COc1cc(Cl)c(NC(=O)CCCSc2ccc(Cl)cc2)cc1OC. The Labute approximate surface area is 161 Å². The van der Waals surface area contributed by atoms with Crippen LogP contribution in [0.2, 0.25) is 10.0 Å². The standard InChI is InChI=1S/C18H19Cl2NO3S/c1-23-16-10-14(20)15(11-17(16)24-2)21-18(22)4-3-9-25-13-7-5-12(19)6-8-13/h5-8,10-11H,3-4,9H2,1-2H3,(H,21,22). The number of methoxy groups -OCH3 is 2. The lowest BCUT2D eigenvalue weighted by Crippen LogP contribution is -2.12. The molecule has 0 radical (unpaired) electrons. The molecule has 25 heavy (non-hydrogen) atoms. The van der Waals surface area contributed by atoms with Gasteiger partial charge in [0.25, 0.3) is 0 Å². The topological polar surface area (TPSA) is 47.6 Å². The van der Waals surface area contributed by atoms with Gasteiger partial charge in [-0.15, -0.1) is 11.8 Å². The van der Waals surface area contributed by atoms with E-state index in [1.165, 1.54) is 14.2 Å². The first-order valence-corrected chi connectivity index (χ1v) is 9.37. The molecule has 0 aromatic heterocycles. The monoisotopic (exact) mass is 399 g/mol. The van der Waals surface area contributed by atoms with Gasteiger partial charge in [-0.05, 0) is 36.4 Å². The van der Waals surface area contributed by atoms with Gasteiger partial charge >= 0.3 is 0 Å². The van der Waals surface area contributed by atoms with E-state index in [1.54, 1.807) is 23.9 Å². The second-order valence-corrected chi connectivity index (χ2v) is 7.15. The van der Waals surface area contributed by atoms with E-state index in [-0.39, 0.29) is 5.91 Å². The molecule has 2 aromatic rings. The van der Waals surface area contributed by atoms with E-state index >= 15 is 0 Å². The van der Waals surface area contributed by atoms with E-state index < -0.39 is 0 Å². The molecule has 134 valence electrons. The van der Waals surface area contributed by atoms with Gasteiger partial charge in [-0.2, -0.15) is 0 Å². The van der Waals surface area contributed by atoms with E-state index in [0.29, 0.717) is 28.6 Å². The summed E-state index contributed by atoms with van der Waals surface area (Å²) in [6, 6.07) is 10.9. The second-order valence-electron chi connectivity index (χ2n) is 5.14. The average Bonchev–Trinajstić information content (AvgIpc) is 2.61. The van der Waals surface area contributed by atoms with Crippen molar-refractivity contribution in [2.45, 2.75) is 17.7 Å². The Morgan fingerprint density at radius 3 is 2.36 bits per heavy atom. The summed E-state index contributed by atoms with van der Waals surface area (Å²) in [5.41, 5.74) is 0.509. The van der Waals surface area contributed by atoms with Gasteiger partial charge in [0.2, 0.25) is 5.91 Å². The van der Waals surface area contributed by atoms with Crippen LogP contribution >= 0.6 is 35.0 Å². The summed E-state index contributed by atoms with van der Waals surface area (Å²) >= 11 is 13.7. The van der Waals surface area contributed by atoms with Crippen LogP contribution < -0.4 is 14.8 Å². The van der Waals surface area contributed by atoms with Crippen LogP contribution in [0.4, 0.5) is 5.69 Å². The van der Waals surface area contributed by atoms with Crippen molar-refractivity contribution in [3.05, 3.63) is 46.4 Å². The molecule has 0 atom stereocenters. The molecule has 2 aromatic carbocycles. The largest absolute Gasteiger partial charge is 0.493 e. The highest BCUT2D eigenvalue weighted by Gasteiger charge is 2.12. The molecule has 0 saturated heterocycles. The number of carbonyl (C=O) groups excluding carboxylic acids is 1. The Morgan fingerprint density at radius 2 is 1.72 bits per heavy atom. The number of hydrogen-bond donors (Lipinski definition) is 1. The molecule has 0 bridgehead atoms. The molecule has 0 fully saturated rings. The molecule has 0 heterocycles. The lowest BCUT2D eigenvalue weighted by atomic mass is 10.2. The zero-order valence-electron chi connectivity index (χ0n) is 14.0. The summed E-state index contributed by atoms with van der Waals surface area (Å²) in [4.78, 5) is 13.2. The quantitative estimate of drug-likeness (QED) is 0.468. The lowest BCUT2D eigenvalue weighted by Gasteiger charge is -2.12. The van der Waals surface area contributed by atoms with Crippen LogP contribution in [-0.2, 0) is 4.79 Å². The van der Waals surface area contributed by atoms with E-state index in [4.69, 9.17) is 32.7 Å². The molecule has 0 unspecified atom stereocenters. The summed E-state index contributed by atoms with van der Waals surface area (Å²) in [7, 11) is 3.07. The smallest absolute Gasteiger partial charge is 0.224 e. The summed E-state index contributed by atoms with van der Waals surface area (Å²) in [6.45, 7) is 0. The van der Waals surface area contributed by atoms with Crippen molar-refractivity contribution >= 4 is 46.6 Å². The van der Waals surface area contributed by atoms with Crippen molar-refractivity contribution < 1.29 is 14.3 Å². The lowest BCUT2D eigenvalue weighted by molar-refractivity contribution is -0.116. The van der Waals surface area contributed by atoms with Crippen LogP contribution in [0, 0.1) is 0 Å². The maximum Gasteiger partial charge on any atom is 0.224 e. The maximum atomic E-state index is 12.1. The van der Waals surface area contributed by atoms with E-state index in [2.05, 4.69) is 5.32 Å². The van der Waals surface area contributed by atoms with Gasteiger partial charge in [-0.25, -0.2) is 0 Å². The third kappa shape index (κ3) is 6.03. The number of rotatable bonds is 8. The molecule has 0 aliphatic rings. The highest BCUT2D eigenvalue weighted by Crippen LogP contribution is 2.36. The molecular weight excluding hydrogens is 381 g/mol. The summed E-state index contributed by atoms with van der Waals surface area (Å²) in [6.07, 6.45) is 1.16. The van der Waals surface area contributed by atoms with Gasteiger partial charge < -0.3 is 14.8 Å². The molecule has 1 N–H and O–H groups in total. The molecule has 7 heteroatoms. The van der Waals surface area contributed by atoms with Crippen LogP contribution in [0.25, 0.3) is 0 Å². The Kier molecular flexibility index (Phi) is 7.75. The van der Waals surface area contributed by atoms with Crippen LogP contribution in [0.15, 0.2) is 41.3 Å². The van der Waals surface area contributed by atoms with E-state index in [1.807, 2.05) is 24.3 Å². The number of thioether (sulfide) groups is 1. The van der Waals surface area contributed by atoms with Crippen molar-refractivity contribution in [3.63, 3.8) is 0 Å². The molecular formula is C18H19Cl2NO3S. The fraction of sp³-hybridized carbons (Fsp3) is 0.278. The number of amides is 1. The Bertz CT molecular complexity index is 723. The number of carbonyl (C=O) groups is 1. The highest BCUT2D eigenvalue weighted by atomic mass is 35.5. The molecule has 0 spiro atoms. The van der Waals surface area contributed by atoms with Gasteiger partial charge in [-0.3, -0.25) is 4.79 Å². The first-order valence-electron chi connectivity index (χ1n) is 7.63. The average molecular weight is 400 g/mol. The number of ether oxygens (including phenoxy) is 2. The number of anilines is 1. The third-order valence-electron chi connectivity index (χ3n) is 3.38. The first kappa shape index (κ1) is 19.8. The molecule has 0 saturated carbocycles. The minimum Gasteiger partial charge on any atom is -0.493 e. The Balaban J connectivity index is 1.83. The predicted octanol–water partition coefficient (Wildman–Crippen LogP) is 5.52. The van der Waals surface area contributed by atoms with Crippen LogP contribution in [0.3, 0.4) is 0 Å². The zero-order chi connectivity index (χ0) is 18.2. The zero-order valence-corrected chi connectivity index (χ0v) is 16.3. The second kappa shape index (κ2) is 9.80. The van der Waals surface area contributed by atoms with Crippen LogP contribution in [-0.4, -0.2) is 25.9 Å². The molecule has 1 amide bonds. The van der Waals surface area contributed by atoms with Gasteiger partial charge in [0.05, 0.1) is 24.9 Å². The number of benzene rings is 2. The minimum atomic E-state index is -0.0918. The molecule has 2 rings (SSSR count). The Morgan fingerprint density at radius 1 is 1.08 bits per heavy atom. The number of hydrogen-bond acceptors (Lipinski definition) is 4. The highest BCUT2D eigenvalue weighted by molar-refractivity contribution is 7.99. The third-order valence-corrected chi connectivity index (χ3v) is 5.04. The van der Waals surface area contributed by atoms with Crippen LogP contribution in [0.5, 0.6) is 11.5 Å². The summed E-state index contributed by atoms with van der Waals surface area (Å²) in [5.74, 6) is 1.78. The molecule has 4 nitrogen and oxygen atoms in total. The fourth-order valence-corrected chi connectivity index (χ4v) is 3.30. The van der Waals surface area contributed by atoms with Crippen molar-refractivity contribution in [2.75, 3.05) is 25.3 Å². The van der Waals surface area contributed by atoms with Gasteiger partial charge in [0.1, 0.15) is 0 Å². The van der Waals surface area contributed by atoms with Crippen molar-refractivity contribution in [2.24, 2.45) is 0 Å². The van der Waals surface area contributed by atoms with Gasteiger partial charge in [0.15, 0.2) is 11.5 Å². The molecule has 0 aliphatic heterocycles. The number of halogens is 2. The first-order chi connectivity index (χ1) is 12.0. The number of nitrogens with one attached hydrogen (secondary N) is 1. The normalized spacial score (nSPS) is 10.4. The predicted molar refractivity (Wildman–Crippen MR) is 105 cm³/mol.